The highest BCUT2D eigenvalue weighted by Gasteiger charge is 2.49. The zero-order valence-electron chi connectivity index (χ0n) is 17.9. The van der Waals surface area contributed by atoms with Crippen LogP contribution in [0.15, 0.2) is 30.3 Å². The van der Waals surface area contributed by atoms with Gasteiger partial charge in [0.25, 0.3) is 0 Å². The summed E-state index contributed by atoms with van der Waals surface area (Å²) in [6.45, 7) is 5.44. The molecule has 2 aliphatic rings. The summed E-state index contributed by atoms with van der Waals surface area (Å²) in [6.07, 6.45) is 1.33. The number of hydrogen-bond donors (Lipinski definition) is 3. The van der Waals surface area contributed by atoms with Gasteiger partial charge in [-0.1, -0.05) is 11.6 Å². The second-order valence-electron chi connectivity index (χ2n) is 8.21. The van der Waals surface area contributed by atoms with Gasteiger partial charge < -0.3 is 20.5 Å². The van der Waals surface area contributed by atoms with Crippen molar-refractivity contribution in [2.24, 2.45) is 0 Å². The number of fused-ring (bicyclic) bond motifs is 1. The van der Waals surface area contributed by atoms with Crippen molar-refractivity contribution in [1.29, 1.82) is 0 Å². The Hall–Kier alpha value is -2.84. The van der Waals surface area contributed by atoms with Crippen LogP contribution in [0.5, 0.6) is 5.75 Å². The van der Waals surface area contributed by atoms with E-state index in [1.165, 1.54) is 24.3 Å². The molecule has 0 bridgehead atoms. The number of anilines is 2. The van der Waals surface area contributed by atoms with Crippen LogP contribution in [-0.4, -0.2) is 47.6 Å². The van der Waals surface area contributed by atoms with Gasteiger partial charge in [0.15, 0.2) is 0 Å². The van der Waals surface area contributed by atoms with Gasteiger partial charge in [0.2, 0.25) is 5.91 Å². The van der Waals surface area contributed by atoms with Crippen molar-refractivity contribution < 1.29 is 23.8 Å². The van der Waals surface area contributed by atoms with Crippen LogP contribution in [-0.2, 0) is 10.3 Å². The number of amides is 1. The molecule has 1 amide bonds. The van der Waals surface area contributed by atoms with Gasteiger partial charge in [-0.05, 0) is 63.6 Å². The highest BCUT2D eigenvalue weighted by Crippen LogP contribution is 2.45. The number of ether oxygens (including phenoxy) is 1. The third-order valence-electron chi connectivity index (χ3n) is 6.16. The van der Waals surface area contributed by atoms with Crippen molar-refractivity contribution in [2.45, 2.75) is 38.3 Å². The lowest BCUT2D eigenvalue weighted by molar-refractivity contribution is -0.128. The number of carbonyl (C=O) groups is 2. The Balaban J connectivity index is 1.58. The molecule has 170 valence electrons. The van der Waals surface area contributed by atoms with Crippen molar-refractivity contribution >= 4 is 34.9 Å². The standard InChI is InChI=1S/C23H25ClFN3O4/c1-3-26-19-10-13(25)9-17-20(19)27-22(31)23(17,2)28-8-4-5-15(12-28)32-14-6-7-16(21(29)30)18(24)11-14/h6-7,9-11,15,26H,3-5,8,12H2,1-2H3,(H,27,31)(H,29,30)/t15?,23-/m1/s1. The van der Waals surface area contributed by atoms with E-state index in [9.17, 15) is 14.0 Å². The van der Waals surface area contributed by atoms with Crippen LogP contribution in [0.1, 0.15) is 42.6 Å². The highest BCUT2D eigenvalue weighted by atomic mass is 35.5. The predicted molar refractivity (Wildman–Crippen MR) is 120 cm³/mol. The summed E-state index contributed by atoms with van der Waals surface area (Å²) in [6, 6.07) is 7.28. The molecule has 3 N–H and O–H groups in total. The fourth-order valence-corrected chi connectivity index (χ4v) is 4.75. The Morgan fingerprint density at radius 3 is 2.88 bits per heavy atom. The van der Waals surface area contributed by atoms with Gasteiger partial charge in [-0.15, -0.1) is 0 Å². The van der Waals surface area contributed by atoms with Crippen LogP contribution in [0.4, 0.5) is 15.8 Å². The van der Waals surface area contributed by atoms with Crippen LogP contribution in [0.3, 0.4) is 0 Å². The molecule has 0 aromatic heterocycles. The Bertz CT molecular complexity index is 1080. The summed E-state index contributed by atoms with van der Waals surface area (Å²) < 4.78 is 20.5. The number of aromatic carboxylic acids is 1. The summed E-state index contributed by atoms with van der Waals surface area (Å²) in [7, 11) is 0. The Kier molecular flexibility index (Phi) is 6.01. The molecule has 1 unspecified atom stereocenters. The maximum absolute atomic E-state index is 14.4. The molecule has 9 heteroatoms. The Morgan fingerprint density at radius 2 is 2.19 bits per heavy atom. The molecule has 1 saturated heterocycles. The first-order chi connectivity index (χ1) is 15.2. The van der Waals surface area contributed by atoms with E-state index in [2.05, 4.69) is 10.6 Å². The van der Waals surface area contributed by atoms with E-state index in [4.69, 9.17) is 21.4 Å². The second kappa shape index (κ2) is 8.60. The van der Waals surface area contributed by atoms with E-state index in [0.717, 1.165) is 12.8 Å². The first-order valence-corrected chi connectivity index (χ1v) is 11.0. The van der Waals surface area contributed by atoms with Gasteiger partial charge in [0.05, 0.1) is 22.0 Å². The van der Waals surface area contributed by atoms with Crippen molar-refractivity contribution in [2.75, 3.05) is 30.3 Å². The Labute approximate surface area is 190 Å². The number of benzene rings is 2. The third-order valence-corrected chi connectivity index (χ3v) is 6.47. The smallest absolute Gasteiger partial charge is 0.337 e. The number of hydrogen-bond acceptors (Lipinski definition) is 5. The summed E-state index contributed by atoms with van der Waals surface area (Å²) in [5.41, 5.74) is 0.758. The Morgan fingerprint density at radius 1 is 1.41 bits per heavy atom. The molecular formula is C23H25ClFN3O4. The molecule has 2 aromatic rings. The maximum atomic E-state index is 14.4. The molecule has 2 atom stereocenters. The highest BCUT2D eigenvalue weighted by molar-refractivity contribution is 6.33. The molecule has 7 nitrogen and oxygen atoms in total. The normalized spacial score (nSPS) is 22.9. The number of rotatable bonds is 6. The number of carbonyl (C=O) groups excluding carboxylic acids is 1. The minimum Gasteiger partial charge on any atom is -0.489 e. The first-order valence-electron chi connectivity index (χ1n) is 10.6. The van der Waals surface area contributed by atoms with Crippen molar-refractivity contribution in [3.05, 3.63) is 52.3 Å². The van der Waals surface area contributed by atoms with E-state index in [0.29, 0.717) is 42.3 Å². The van der Waals surface area contributed by atoms with E-state index >= 15 is 0 Å². The van der Waals surface area contributed by atoms with Gasteiger partial charge in [0.1, 0.15) is 23.2 Å². The molecule has 1 fully saturated rings. The van der Waals surface area contributed by atoms with Gasteiger partial charge >= 0.3 is 5.97 Å². The lowest BCUT2D eigenvalue weighted by Crippen LogP contribution is -2.54. The molecule has 2 aromatic carbocycles. The lowest BCUT2D eigenvalue weighted by atomic mass is 9.88. The molecular weight excluding hydrogens is 437 g/mol. The summed E-state index contributed by atoms with van der Waals surface area (Å²) in [4.78, 5) is 26.3. The summed E-state index contributed by atoms with van der Waals surface area (Å²) in [5.74, 6) is -1.24. The zero-order chi connectivity index (χ0) is 23.0. The second-order valence-corrected chi connectivity index (χ2v) is 8.61. The zero-order valence-corrected chi connectivity index (χ0v) is 18.6. The number of likely N-dealkylation sites (tertiary alicyclic amines) is 1. The molecule has 0 spiro atoms. The molecule has 32 heavy (non-hydrogen) atoms. The molecule has 2 aliphatic heterocycles. The van der Waals surface area contributed by atoms with Crippen LogP contribution in [0.25, 0.3) is 0 Å². The van der Waals surface area contributed by atoms with Crippen molar-refractivity contribution in [3.63, 3.8) is 0 Å². The minimum atomic E-state index is -1.10. The van der Waals surface area contributed by atoms with E-state index in [1.54, 1.807) is 6.07 Å². The quantitative estimate of drug-likeness (QED) is 0.593. The first kappa shape index (κ1) is 22.4. The number of halogens is 2. The van der Waals surface area contributed by atoms with Crippen LogP contribution in [0, 0.1) is 5.82 Å². The molecule has 0 aliphatic carbocycles. The number of carboxylic acid groups (broad SMARTS) is 1. The SMILES string of the molecule is CCNc1cc(F)cc2c1NC(=O)[C@]2(C)N1CCCC(Oc2ccc(C(=O)O)c(Cl)c2)C1. The van der Waals surface area contributed by atoms with Gasteiger partial charge in [-0.3, -0.25) is 9.69 Å². The fraction of sp³-hybridized carbons (Fsp3) is 0.391. The van der Waals surface area contributed by atoms with E-state index < -0.39 is 17.3 Å². The minimum absolute atomic E-state index is 0.00884. The van der Waals surface area contributed by atoms with Gasteiger partial charge in [-0.25, -0.2) is 9.18 Å². The van der Waals surface area contributed by atoms with Crippen LogP contribution >= 0.6 is 11.6 Å². The molecule has 0 radical (unpaired) electrons. The average molecular weight is 462 g/mol. The predicted octanol–water partition coefficient (Wildman–Crippen LogP) is 4.32. The average Bonchev–Trinajstić information content (AvgIpc) is 3.00. The van der Waals surface area contributed by atoms with E-state index in [1.807, 2.05) is 18.7 Å². The van der Waals surface area contributed by atoms with Crippen molar-refractivity contribution in [1.82, 2.24) is 4.90 Å². The maximum Gasteiger partial charge on any atom is 0.337 e. The number of nitrogens with one attached hydrogen (secondary N) is 2. The van der Waals surface area contributed by atoms with Gasteiger partial charge in [0, 0.05) is 18.7 Å². The van der Waals surface area contributed by atoms with Crippen LogP contribution < -0.4 is 15.4 Å². The van der Waals surface area contributed by atoms with E-state index in [-0.39, 0.29) is 22.6 Å². The molecule has 2 heterocycles. The molecule has 4 rings (SSSR count). The van der Waals surface area contributed by atoms with Crippen molar-refractivity contribution in [3.8, 4) is 5.75 Å². The fourth-order valence-electron chi connectivity index (χ4n) is 4.50. The van der Waals surface area contributed by atoms with Crippen LogP contribution in [0.2, 0.25) is 5.02 Å². The third kappa shape index (κ3) is 3.89. The topological polar surface area (TPSA) is 90.9 Å². The number of nitrogens with zero attached hydrogens (tertiary/aromatic N) is 1. The lowest BCUT2D eigenvalue weighted by Gasteiger charge is -2.42. The summed E-state index contributed by atoms with van der Waals surface area (Å²) in [5, 5.41) is 15.3. The number of carboxylic acids is 1. The largest absolute Gasteiger partial charge is 0.489 e. The molecule has 0 saturated carbocycles. The number of piperidine rings is 1. The van der Waals surface area contributed by atoms with Gasteiger partial charge in [-0.2, -0.15) is 0 Å². The monoisotopic (exact) mass is 461 g/mol. The summed E-state index contributed by atoms with van der Waals surface area (Å²) >= 11 is 6.06.